The van der Waals surface area contributed by atoms with Gasteiger partial charge in [0.05, 0.1) is 18.9 Å². The molecule has 174 valence electrons. The Labute approximate surface area is 193 Å². The van der Waals surface area contributed by atoms with E-state index in [-0.39, 0.29) is 47.2 Å². The summed E-state index contributed by atoms with van der Waals surface area (Å²) < 4.78 is 10.4. The standard InChI is InChI=1S/C26H29NO6/c1-13(2)10-20(26(31)33-12-21(28)14-4-6-15(32-3)7-5-14)27-24(29)22-16-8-9-17(19-11-18(16)19)23(22)25(27)30/h4-9,13,16-20,22-23H,10-12H2,1-3H3/t16-,17-,18-,19+,20-,22+,23+/m0/s1. The lowest BCUT2D eigenvalue weighted by Crippen LogP contribution is -2.47. The lowest BCUT2D eigenvalue weighted by Gasteiger charge is -2.37. The first-order chi connectivity index (χ1) is 15.8. The number of carbonyl (C=O) groups excluding carboxylic acids is 4. The number of imide groups is 1. The molecule has 0 aromatic heterocycles. The van der Waals surface area contributed by atoms with Crippen molar-refractivity contribution in [1.82, 2.24) is 4.90 Å². The summed E-state index contributed by atoms with van der Waals surface area (Å²) in [5.74, 6) is -0.415. The van der Waals surface area contributed by atoms with Crippen LogP contribution in [0.1, 0.15) is 37.0 Å². The van der Waals surface area contributed by atoms with E-state index in [0.717, 1.165) is 6.42 Å². The molecule has 7 heteroatoms. The van der Waals surface area contributed by atoms with Gasteiger partial charge in [0.25, 0.3) is 0 Å². The second kappa shape index (κ2) is 8.12. The highest BCUT2D eigenvalue weighted by molar-refractivity contribution is 6.09. The largest absolute Gasteiger partial charge is 0.497 e. The number of hydrogen-bond acceptors (Lipinski definition) is 6. The Balaban J connectivity index is 1.31. The summed E-state index contributed by atoms with van der Waals surface area (Å²) in [5.41, 5.74) is 0.394. The number of Topliss-reactive ketones (excluding diaryl/α,β-unsaturated/α-hetero) is 1. The molecule has 5 aliphatic rings. The van der Waals surface area contributed by atoms with Crippen LogP contribution in [0.2, 0.25) is 0 Å². The van der Waals surface area contributed by atoms with Crippen LogP contribution >= 0.6 is 0 Å². The van der Waals surface area contributed by atoms with Gasteiger partial charge in [0.15, 0.2) is 12.4 Å². The van der Waals surface area contributed by atoms with Gasteiger partial charge in [-0.15, -0.1) is 0 Å². The van der Waals surface area contributed by atoms with Crippen LogP contribution in [0.5, 0.6) is 5.75 Å². The molecule has 4 aliphatic carbocycles. The molecule has 3 fully saturated rings. The first kappa shape index (κ1) is 21.9. The maximum absolute atomic E-state index is 13.4. The van der Waals surface area contributed by atoms with Crippen LogP contribution in [0.25, 0.3) is 0 Å². The van der Waals surface area contributed by atoms with Crippen molar-refractivity contribution in [3.05, 3.63) is 42.0 Å². The minimum Gasteiger partial charge on any atom is -0.497 e. The molecule has 2 amide bonds. The molecule has 2 saturated carbocycles. The molecule has 0 spiro atoms. The highest BCUT2D eigenvalue weighted by Crippen LogP contribution is 2.65. The highest BCUT2D eigenvalue weighted by atomic mass is 16.5. The predicted molar refractivity (Wildman–Crippen MR) is 118 cm³/mol. The van der Waals surface area contributed by atoms with Crippen molar-refractivity contribution >= 4 is 23.6 Å². The second-order valence-corrected chi connectivity index (χ2v) is 10.1. The maximum atomic E-state index is 13.4. The van der Waals surface area contributed by atoms with Crippen molar-refractivity contribution in [2.75, 3.05) is 13.7 Å². The molecule has 33 heavy (non-hydrogen) atoms. The number of likely N-dealkylation sites (tertiary alicyclic amines) is 1. The fourth-order valence-corrected chi connectivity index (χ4v) is 6.13. The molecule has 1 heterocycles. The predicted octanol–water partition coefficient (Wildman–Crippen LogP) is 2.89. The van der Waals surface area contributed by atoms with Crippen molar-refractivity contribution in [3.8, 4) is 5.75 Å². The molecular formula is C26H29NO6. The number of carbonyl (C=O) groups is 4. The van der Waals surface area contributed by atoms with Crippen molar-refractivity contribution in [2.45, 2.75) is 32.7 Å². The zero-order valence-corrected chi connectivity index (χ0v) is 19.1. The van der Waals surface area contributed by atoms with E-state index in [4.69, 9.17) is 9.47 Å². The van der Waals surface area contributed by atoms with E-state index in [2.05, 4.69) is 12.2 Å². The zero-order chi connectivity index (χ0) is 23.4. The first-order valence-corrected chi connectivity index (χ1v) is 11.7. The van der Waals surface area contributed by atoms with Gasteiger partial charge < -0.3 is 9.47 Å². The Kier molecular flexibility index (Phi) is 5.38. The third kappa shape index (κ3) is 3.58. The molecule has 7 atom stereocenters. The average molecular weight is 452 g/mol. The van der Waals surface area contributed by atoms with E-state index in [1.54, 1.807) is 24.3 Å². The van der Waals surface area contributed by atoms with Gasteiger partial charge in [-0.2, -0.15) is 0 Å². The minimum atomic E-state index is -1.00. The van der Waals surface area contributed by atoms with E-state index in [1.165, 1.54) is 12.0 Å². The van der Waals surface area contributed by atoms with Gasteiger partial charge in [-0.3, -0.25) is 19.3 Å². The summed E-state index contributed by atoms with van der Waals surface area (Å²) in [6, 6.07) is 5.52. The number of rotatable bonds is 8. The molecule has 7 nitrogen and oxygen atoms in total. The summed E-state index contributed by atoms with van der Waals surface area (Å²) in [6.45, 7) is 3.42. The number of ketones is 1. The Bertz CT molecular complexity index is 992. The molecule has 1 saturated heterocycles. The number of allylic oxidation sites excluding steroid dienone is 2. The molecule has 1 aliphatic heterocycles. The summed E-state index contributed by atoms with van der Waals surface area (Å²) in [5, 5.41) is 0. The fraction of sp³-hybridized carbons (Fsp3) is 0.538. The monoisotopic (exact) mass is 451 g/mol. The topological polar surface area (TPSA) is 90.0 Å². The number of methoxy groups -OCH3 is 1. The lowest BCUT2D eigenvalue weighted by molar-refractivity contribution is -0.159. The van der Waals surface area contributed by atoms with Crippen molar-refractivity contribution < 1.29 is 28.7 Å². The Morgan fingerprint density at radius 2 is 1.58 bits per heavy atom. The number of amides is 2. The highest BCUT2D eigenvalue weighted by Gasteiger charge is 2.68. The first-order valence-electron chi connectivity index (χ1n) is 11.7. The molecule has 6 rings (SSSR count). The molecule has 0 N–H and O–H groups in total. The van der Waals surface area contributed by atoms with Crippen LogP contribution < -0.4 is 4.74 Å². The number of benzene rings is 1. The lowest BCUT2D eigenvalue weighted by atomic mass is 9.63. The van der Waals surface area contributed by atoms with Crippen molar-refractivity contribution in [2.24, 2.45) is 41.4 Å². The van der Waals surface area contributed by atoms with Crippen molar-refractivity contribution in [1.29, 1.82) is 0 Å². The summed E-state index contributed by atoms with van der Waals surface area (Å²) >= 11 is 0. The number of ether oxygens (including phenoxy) is 2. The van der Waals surface area contributed by atoms with Gasteiger partial charge in [-0.25, -0.2) is 4.79 Å². The van der Waals surface area contributed by atoms with Gasteiger partial charge in [0.1, 0.15) is 11.8 Å². The van der Waals surface area contributed by atoms with Crippen LogP contribution in [-0.2, 0) is 19.1 Å². The van der Waals surface area contributed by atoms with Gasteiger partial charge in [0.2, 0.25) is 11.8 Å². The normalized spacial score (nSPS) is 31.9. The van der Waals surface area contributed by atoms with Gasteiger partial charge >= 0.3 is 5.97 Å². The average Bonchev–Trinajstić information content (AvgIpc) is 3.59. The smallest absolute Gasteiger partial charge is 0.329 e. The molecule has 2 bridgehead atoms. The van der Waals surface area contributed by atoms with Crippen LogP contribution in [0.3, 0.4) is 0 Å². The van der Waals surface area contributed by atoms with Gasteiger partial charge in [0, 0.05) is 5.56 Å². The Hall–Kier alpha value is -2.96. The number of hydrogen-bond donors (Lipinski definition) is 0. The van der Waals surface area contributed by atoms with Crippen molar-refractivity contribution in [3.63, 3.8) is 0 Å². The SMILES string of the molecule is COc1ccc(C(=O)COC(=O)[C@H](CC(C)C)N2C(=O)[C@@H]3[C@H]4C=C[C@@H]([C@@H]5C[C@H]45)[C@H]3C2=O)cc1. The fourth-order valence-electron chi connectivity index (χ4n) is 6.13. The summed E-state index contributed by atoms with van der Waals surface area (Å²) in [6.07, 6.45) is 5.61. The van der Waals surface area contributed by atoms with Gasteiger partial charge in [-0.1, -0.05) is 26.0 Å². The number of nitrogens with zero attached hydrogens (tertiary/aromatic N) is 1. The maximum Gasteiger partial charge on any atom is 0.329 e. The Morgan fingerprint density at radius 1 is 1.00 bits per heavy atom. The van der Waals surface area contributed by atoms with E-state index in [0.29, 0.717) is 29.6 Å². The molecule has 1 aromatic rings. The summed E-state index contributed by atoms with van der Waals surface area (Å²) in [7, 11) is 1.54. The quantitative estimate of drug-likeness (QED) is 0.261. The molecule has 0 radical (unpaired) electrons. The van der Waals surface area contributed by atoms with Crippen LogP contribution in [0.15, 0.2) is 36.4 Å². The van der Waals surface area contributed by atoms with Crippen LogP contribution in [0, 0.1) is 41.4 Å². The second-order valence-electron chi connectivity index (χ2n) is 10.1. The van der Waals surface area contributed by atoms with Crippen LogP contribution in [0.4, 0.5) is 0 Å². The number of esters is 1. The molecule has 1 aromatic carbocycles. The third-order valence-corrected chi connectivity index (χ3v) is 7.73. The third-order valence-electron chi connectivity index (χ3n) is 7.73. The van der Waals surface area contributed by atoms with E-state index in [9.17, 15) is 19.2 Å². The van der Waals surface area contributed by atoms with E-state index >= 15 is 0 Å². The van der Waals surface area contributed by atoms with Crippen LogP contribution in [-0.4, -0.2) is 48.2 Å². The summed E-state index contributed by atoms with van der Waals surface area (Å²) in [4.78, 5) is 53.7. The van der Waals surface area contributed by atoms with E-state index in [1.807, 2.05) is 13.8 Å². The van der Waals surface area contributed by atoms with Gasteiger partial charge in [-0.05, 0) is 66.7 Å². The Morgan fingerprint density at radius 3 is 2.09 bits per heavy atom. The molecular weight excluding hydrogens is 422 g/mol. The zero-order valence-electron chi connectivity index (χ0n) is 19.1. The molecule has 0 unspecified atom stereocenters. The van der Waals surface area contributed by atoms with E-state index < -0.39 is 18.6 Å². The minimum absolute atomic E-state index is 0.0614.